The molecule has 1 heterocycles. The van der Waals surface area contributed by atoms with E-state index in [2.05, 4.69) is 15.9 Å². The van der Waals surface area contributed by atoms with Crippen molar-refractivity contribution in [1.29, 1.82) is 0 Å². The lowest BCUT2D eigenvalue weighted by Gasteiger charge is -2.01. The van der Waals surface area contributed by atoms with Crippen LogP contribution in [0.25, 0.3) is 0 Å². The predicted octanol–water partition coefficient (Wildman–Crippen LogP) is 4.50. The molecule has 2 aromatic rings. The topological polar surface area (TPSA) is 37.3 Å². The van der Waals surface area contributed by atoms with Crippen molar-refractivity contribution in [2.45, 2.75) is 10.6 Å². The lowest BCUT2D eigenvalue weighted by Crippen LogP contribution is -1.94. The van der Waals surface area contributed by atoms with Crippen LogP contribution in [-0.2, 0) is 5.75 Å². The van der Waals surface area contributed by atoms with Crippen molar-refractivity contribution in [3.8, 4) is 0 Å². The SMILES string of the molecule is O=C(O)c1ccc(SCc2sccc2Br)cc1. The molecule has 0 bridgehead atoms. The number of thiophene rings is 1. The van der Waals surface area contributed by atoms with E-state index in [1.807, 2.05) is 23.6 Å². The van der Waals surface area contributed by atoms with E-state index in [1.165, 1.54) is 4.88 Å². The minimum absolute atomic E-state index is 0.326. The van der Waals surface area contributed by atoms with E-state index < -0.39 is 5.97 Å². The smallest absolute Gasteiger partial charge is 0.335 e. The van der Waals surface area contributed by atoms with Crippen LogP contribution in [0.1, 0.15) is 15.2 Å². The van der Waals surface area contributed by atoms with Crippen molar-refractivity contribution in [2.75, 3.05) is 0 Å². The highest BCUT2D eigenvalue weighted by Gasteiger charge is 2.04. The van der Waals surface area contributed by atoms with Crippen molar-refractivity contribution in [3.05, 3.63) is 50.6 Å². The Kier molecular flexibility index (Phi) is 4.25. The normalized spacial score (nSPS) is 10.4. The van der Waals surface area contributed by atoms with E-state index in [1.54, 1.807) is 35.2 Å². The second-order valence-electron chi connectivity index (χ2n) is 3.31. The first-order valence-electron chi connectivity index (χ1n) is 4.85. The molecule has 17 heavy (non-hydrogen) atoms. The molecular weight excluding hydrogens is 320 g/mol. The zero-order valence-electron chi connectivity index (χ0n) is 8.72. The first-order chi connectivity index (χ1) is 8.16. The molecule has 0 aliphatic rings. The number of aromatic carboxylic acids is 1. The van der Waals surface area contributed by atoms with Crippen LogP contribution in [0.15, 0.2) is 45.1 Å². The molecule has 5 heteroatoms. The second kappa shape index (κ2) is 5.71. The molecule has 1 aromatic heterocycles. The third kappa shape index (κ3) is 3.34. The van der Waals surface area contributed by atoms with Crippen molar-refractivity contribution in [2.24, 2.45) is 0 Å². The third-order valence-electron chi connectivity index (χ3n) is 2.16. The maximum atomic E-state index is 10.7. The number of carboxylic acid groups (broad SMARTS) is 1. The van der Waals surface area contributed by atoms with E-state index in [-0.39, 0.29) is 0 Å². The van der Waals surface area contributed by atoms with Crippen LogP contribution in [0.5, 0.6) is 0 Å². The Balaban J connectivity index is 2.00. The Hall–Kier alpha value is -0.780. The van der Waals surface area contributed by atoms with Gasteiger partial charge in [0, 0.05) is 20.0 Å². The van der Waals surface area contributed by atoms with Gasteiger partial charge >= 0.3 is 5.97 Å². The van der Waals surface area contributed by atoms with Gasteiger partial charge in [0.1, 0.15) is 0 Å². The van der Waals surface area contributed by atoms with Crippen LogP contribution in [0.3, 0.4) is 0 Å². The Morgan fingerprint density at radius 2 is 2.00 bits per heavy atom. The Bertz CT molecular complexity index is 520. The fraction of sp³-hybridized carbons (Fsp3) is 0.0833. The summed E-state index contributed by atoms with van der Waals surface area (Å²) in [7, 11) is 0. The van der Waals surface area contributed by atoms with E-state index in [0.717, 1.165) is 15.1 Å². The largest absolute Gasteiger partial charge is 0.478 e. The standard InChI is InChI=1S/C12H9BrO2S2/c13-10-5-6-16-11(10)7-17-9-3-1-8(2-4-9)12(14)15/h1-6H,7H2,(H,14,15). The first-order valence-corrected chi connectivity index (χ1v) is 7.50. The summed E-state index contributed by atoms with van der Waals surface area (Å²) < 4.78 is 1.14. The van der Waals surface area contributed by atoms with Crippen LogP contribution in [-0.4, -0.2) is 11.1 Å². The van der Waals surface area contributed by atoms with E-state index in [4.69, 9.17) is 5.11 Å². The monoisotopic (exact) mass is 328 g/mol. The summed E-state index contributed by atoms with van der Waals surface area (Å²) in [5.74, 6) is 0.00699. The number of thioether (sulfide) groups is 1. The number of hydrogen-bond acceptors (Lipinski definition) is 3. The molecule has 0 atom stereocenters. The Labute approximate surface area is 116 Å². The highest BCUT2D eigenvalue weighted by Crippen LogP contribution is 2.30. The van der Waals surface area contributed by atoms with Gasteiger partial charge < -0.3 is 5.11 Å². The molecule has 2 rings (SSSR count). The molecular formula is C12H9BrO2S2. The van der Waals surface area contributed by atoms with Gasteiger partial charge in [0.2, 0.25) is 0 Å². The molecule has 0 saturated heterocycles. The summed E-state index contributed by atoms with van der Waals surface area (Å²) in [6.45, 7) is 0. The maximum Gasteiger partial charge on any atom is 0.335 e. The summed E-state index contributed by atoms with van der Waals surface area (Å²) in [6.07, 6.45) is 0. The molecule has 0 aliphatic heterocycles. The molecule has 0 saturated carbocycles. The average Bonchev–Trinajstić information content (AvgIpc) is 2.73. The van der Waals surface area contributed by atoms with Gasteiger partial charge in [-0.05, 0) is 51.6 Å². The van der Waals surface area contributed by atoms with Crippen molar-refractivity contribution in [3.63, 3.8) is 0 Å². The highest BCUT2D eigenvalue weighted by atomic mass is 79.9. The lowest BCUT2D eigenvalue weighted by atomic mass is 10.2. The van der Waals surface area contributed by atoms with Gasteiger partial charge in [0.05, 0.1) is 5.56 Å². The maximum absolute atomic E-state index is 10.7. The van der Waals surface area contributed by atoms with Gasteiger partial charge in [0.15, 0.2) is 0 Å². The zero-order valence-corrected chi connectivity index (χ0v) is 11.9. The van der Waals surface area contributed by atoms with E-state index in [9.17, 15) is 4.79 Å². The molecule has 0 aliphatic carbocycles. The zero-order chi connectivity index (χ0) is 12.3. The van der Waals surface area contributed by atoms with Crippen molar-refractivity contribution >= 4 is 45.0 Å². The fourth-order valence-electron chi connectivity index (χ4n) is 1.27. The number of rotatable bonds is 4. The van der Waals surface area contributed by atoms with Crippen LogP contribution >= 0.6 is 39.0 Å². The molecule has 0 spiro atoms. The minimum Gasteiger partial charge on any atom is -0.478 e. The van der Waals surface area contributed by atoms with Gasteiger partial charge in [-0.2, -0.15) is 0 Å². The Morgan fingerprint density at radius 1 is 1.29 bits per heavy atom. The summed E-state index contributed by atoms with van der Waals surface area (Å²) in [4.78, 5) is 13.1. The quantitative estimate of drug-likeness (QED) is 0.839. The number of carbonyl (C=O) groups is 1. The minimum atomic E-state index is -0.887. The van der Waals surface area contributed by atoms with Crippen LogP contribution < -0.4 is 0 Å². The van der Waals surface area contributed by atoms with E-state index >= 15 is 0 Å². The number of carboxylic acids is 1. The number of hydrogen-bond donors (Lipinski definition) is 1. The summed E-state index contributed by atoms with van der Waals surface area (Å²) in [6, 6.07) is 8.99. The summed E-state index contributed by atoms with van der Waals surface area (Å²) >= 11 is 6.91. The van der Waals surface area contributed by atoms with Gasteiger partial charge in [-0.1, -0.05) is 0 Å². The van der Waals surface area contributed by atoms with Gasteiger partial charge in [-0.15, -0.1) is 23.1 Å². The second-order valence-corrected chi connectivity index (χ2v) is 6.21. The fourth-order valence-corrected chi connectivity index (χ4v) is 3.96. The molecule has 1 aromatic carbocycles. The lowest BCUT2D eigenvalue weighted by molar-refractivity contribution is 0.0697. The van der Waals surface area contributed by atoms with Gasteiger partial charge in [-0.3, -0.25) is 0 Å². The van der Waals surface area contributed by atoms with Gasteiger partial charge in [-0.25, -0.2) is 4.79 Å². The number of benzene rings is 1. The van der Waals surface area contributed by atoms with Crippen LogP contribution in [0.2, 0.25) is 0 Å². The van der Waals surface area contributed by atoms with Gasteiger partial charge in [0.25, 0.3) is 0 Å². The molecule has 0 radical (unpaired) electrons. The molecule has 0 amide bonds. The molecule has 2 nitrogen and oxygen atoms in total. The average molecular weight is 329 g/mol. The van der Waals surface area contributed by atoms with Crippen LogP contribution in [0, 0.1) is 0 Å². The molecule has 88 valence electrons. The predicted molar refractivity (Wildman–Crippen MR) is 75.0 cm³/mol. The van der Waals surface area contributed by atoms with Crippen molar-refractivity contribution in [1.82, 2.24) is 0 Å². The van der Waals surface area contributed by atoms with Crippen LogP contribution in [0.4, 0.5) is 0 Å². The van der Waals surface area contributed by atoms with E-state index in [0.29, 0.717) is 5.56 Å². The molecule has 0 unspecified atom stereocenters. The highest BCUT2D eigenvalue weighted by molar-refractivity contribution is 9.10. The summed E-state index contributed by atoms with van der Waals surface area (Å²) in [5.41, 5.74) is 0.326. The first kappa shape index (κ1) is 12.7. The Morgan fingerprint density at radius 3 is 2.53 bits per heavy atom. The molecule has 0 fully saturated rings. The third-order valence-corrected chi connectivity index (χ3v) is 5.31. The number of halogens is 1. The van der Waals surface area contributed by atoms with Crippen molar-refractivity contribution < 1.29 is 9.90 Å². The molecule has 1 N–H and O–H groups in total. The summed E-state index contributed by atoms with van der Waals surface area (Å²) in [5, 5.41) is 10.8.